The van der Waals surface area contributed by atoms with Crippen LogP contribution in [0.4, 0.5) is 22.0 Å². The summed E-state index contributed by atoms with van der Waals surface area (Å²) in [6, 6.07) is 0. The van der Waals surface area contributed by atoms with Crippen LogP contribution in [0.3, 0.4) is 0 Å². The molecule has 9 heteroatoms. The zero-order valence-electron chi connectivity index (χ0n) is 7.16. The van der Waals surface area contributed by atoms with E-state index in [1.54, 1.807) is 0 Å². The third kappa shape index (κ3) is 3.27. The lowest BCUT2D eigenvalue weighted by Crippen LogP contribution is -2.19. The molecule has 0 radical (unpaired) electrons. The van der Waals surface area contributed by atoms with E-state index in [-0.39, 0.29) is 4.47 Å². The minimum absolute atomic E-state index is 0.259. The van der Waals surface area contributed by atoms with Crippen molar-refractivity contribution in [1.82, 2.24) is 4.98 Å². The summed E-state index contributed by atoms with van der Waals surface area (Å²) in [5.41, 5.74) is -0.904. The van der Waals surface area contributed by atoms with Crippen LogP contribution in [-0.4, -0.2) is 11.3 Å². The van der Waals surface area contributed by atoms with E-state index >= 15 is 0 Å². The summed E-state index contributed by atoms with van der Waals surface area (Å²) in [5, 5.41) is 0. The molecule has 0 aliphatic heterocycles. The van der Waals surface area contributed by atoms with Gasteiger partial charge >= 0.3 is 6.36 Å². The fourth-order valence-corrected chi connectivity index (χ4v) is 1.73. The predicted molar refractivity (Wildman–Crippen MR) is 51.3 cm³/mol. The molecule has 0 unspecified atom stereocenters. The second kappa shape index (κ2) is 4.82. The minimum Gasteiger partial charge on any atom is -0.402 e. The molecule has 2 nitrogen and oxygen atoms in total. The van der Waals surface area contributed by atoms with E-state index in [0.717, 1.165) is 6.20 Å². The number of ether oxygens (including phenoxy) is 1. The molecule has 1 aromatic heterocycles. The Bertz CT molecular complexity index is 395. The van der Waals surface area contributed by atoms with Gasteiger partial charge in [0.05, 0.1) is 5.56 Å². The number of aromatic nitrogens is 1. The normalized spacial score (nSPS) is 12.0. The van der Waals surface area contributed by atoms with Crippen LogP contribution in [-0.2, 0) is 0 Å². The number of pyridine rings is 1. The summed E-state index contributed by atoms with van der Waals surface area (Å²) < 4.78 is 63.7. The van der Waals surface area contributed by atoms with Crippen LogP contribution in [0.15, 0.2) is 15.3 Å². The Morgan fingerprint density at radius 1 is 1.25 bits per heavy atom. The Hall–Kier alpha value is -0.440. The first-order valence-corrected chi connectivity index (χ1v) is 5.18. The molecule has 0 saturated carbocycles. The van der Waals surface area contributed by atoms with E-state index in [1.807, 2.05) is 0 Å². The van der Waals surface area contributed by atoms with Crippen LogP contribution in [0.2, 0.25) is 0 Å². The number of hydrogen-bond acceptors (Lipinski definition) is 2. The van der Waals surface area contributed by atoms with Gasteiger partial charge in [-0.1, -0.05) is 0 Å². The average molecular weight is 371 g/mol. The molecular weight excluding hydrogens is 369 g/mol. The predicted octanol–water partition coefficient (Wildman–Crippen LogP) is 4.44. The van der Waals surface area contributed by atoms with Gasteiger partial charge in [0.15, 0.2) is 5.75 Å². The van der Waals surface area contributed by atoms with Gasteiger partial charge in [0.2, 0.25) is 0 Å². The van der Waals surface area contributed by atoms with E-state index < -0.39 is 28.7 Å². The fourth-order valence-electron chi connectivity index (χ4n) is 0.877. The van der Waals surface area contributed by atoms with Crippen molar-refractivity contribution in [2.24, 2.45) is 0 Å². The quantitative estimate of drug-likeness (QED) is 0.567. The summed E-state index contributed by atoms with van der Waals surface area (Å²) in [7, 11) is 0. The van der Waals surface area contributed by atoms with Gasteiger partial charge in [-0.3, -0.25) is 0 Å². The van der Waals surface area contributed by atoms with Gasteiger partial charge in [-0.05, 0) is 31.9 Å². The van der Waals surface area contributed by atoms with Crippen molar-refractivity contribution in [2.75, 3.05) is 0 Å². The van der Waals surface area contributed by atoms with E-state index in [0.29, 0.717) is 0 Å². The van der Waals surface area contributed by atoms with Gasteiger partial charge < -0.3 is 4.74 Å². The fraction of sp³-hybridized carbons (Fsp3) is 0.286. The highest BCUT2D eigenvalue weighted by atomic mass is 79.9. The monoisotopic (exact) mass is 369 g/mol. The van der Waals surface area contributed by atoms with Crippen LogP contribution >= 0.6 is 31.9 Å². The number of alkyl halides is 5. The molecule has 0 spiro atoms. The average Bonchev–Trinajstić information content (AvgIpc) is 2.08. The molecular formula is C7H2Br2F5NO. The molecule has 0 N–H and O–H groups in total. The van der Waals surface area contributed by atoms with Crippen molar-refractivity contribution in [3.63, 3.8) is 0 Å². The first-order valence-electron chi connectivity index (χ1n) is 3.60. The Balaban J connectivity index is 3.29. The second-order valence-corrected chi connectivity index (χ2v) is 4.09. The number of nitrogens with zero attached hydrogens (tertiary/aromatic N) is 1. The Morgan fingerprint density at radius 2 is 1.81 bits per heavy atom. The zero-order valence-corrected chi connectivity index (χ0v) is 10.3. The van der Waals surface area contributed by atoms with Gasteiger partial charge in [-0.2, -0.15) is 0 Å². The first kappa shape index (κ1) is 13.6. The molecule has 0 aliphatic rings. The van der Waals surface area contributed by atoms with E-state index in [4.69, 9.17) is 0 Å². The van der Waals surface area contributed by atoms with Crippen LogP contribution in [0.25, 0.3) is 0 Å². The van der Waals surface area contributed by atoms with Gasteiger partial charge in [0.25, 0.3) is 6.43 Å². The van der Waals surface area contributed by atoms with Gasteiger partial charge in [-0.15, -0.1) is 13.2 Å². The molecule has 1 rings (SSSR count). The van der Waals surface area contributed by atoms with Crippen molar-refractivity contribution in [3.8, 4) is 5.75 Å². The van der Waals surface area contributed by atoms with Gasteiger partial charge in [0.1, 0.15) is 4.60 Å². The third-order valence-electron chi connectivity index (χ3n) is 1.42. The third-order valence-corrected chi connectivity index (χ3v) is 2.61. The van der Waals surface area contributed by atoms with E-state index in [2.05, 4.69) is 41.6 Å². The zero-order chi connectivity index (χ0) is 12.5. The van der Waals surface area contributed by atoms with Gasteiger partial charge in [-0.25, -0.2) is 13.8 Å². The summed E-state index contributed by atoms with van der Waals surface area (Å²) >= 11 is 5.29. The molecule has 90 valence electrons. The van der Waals surface area contributed by atoms with E-state index in [9.17, 15) is 22.0 Å². The summed E-state index contributed by atoms with van der Waals surface area (Å²) in [5.74, 6) is -1.04. The maximum Gasteiger partial charge on any atom is 0.573 e. The molecule has 0 aromatic carbocycles. The van der Waals surface area contributed by atoms with Gasteiger partial charge in [0, 0.05) is 10.7 Å². The molecule has 0 fully saturated rings. The molecule has 0 bridgehead atoms. The van der Waals surface area contributed by atoms with Crippen molar-refractivity contribution in [2.45, 2.75) is 12.8 Å². The highest BCUT2D eigenvalue weighted by Gasteiger charge is 2.35. The Morgan fingerprint density at radius 3 is 2.25 bits per heavy atom. The molecule has 0 saturated heterocycles. The number of rotatable bonds is 2. The lowest BCUT2D eigenvalue weighted by molar-refractivity contribution is -0.275. The smallest absolute Gasteiger partial charge is 0.402 e. The SMILES string of the molecule is FC(F)c1c(Br)cnc(Br)c1OC(F)(F)F. The van der Waals surface area contributed by atoms with Crippen LogP contribution < -0.4 is 4.74 Å². The molecule has 1 heterocycles. The molecule has 0 atom stereocenters. The molecule has 0 amide bonds. The van der Waals surface area contributed by atoms with Crippen molar-refractivity contribution < 1.29 is 26.7 Å². The maximum absolute atomic E-state index is 12.5. The van der Waals surface area contributed by atoms with Crippen LogP contribution in [0.5, 0.6) is 5.75 Å². The highest BCUT2D eigenvalue weighted by molar-refractivity contribution is 9.11. The lowest BCUT2D eigenvalue weighted by atomic mass is 10.2. The minimum atomic E-state index is -5.06. The first-order chi connectivity index (χ1) is 7.22. The second-order valence-electron chi connectivity index (χ2n) is 2.49. The topological polar surface area (TPSA) is 22.1 Å². The maximum atomic E-state index is 12.5. The highest BCUT2D eigenvalue weighted by Crippen LogP contribution is 2.41. The lowest BCUT2D eigenvalue weighted by Gasteiger charge is -2.14. The number of halogens is 7. The summed E-state index contributed by atoms with van der Waals surface area (Å²) in [6.07, 6.45) is -7.23. The Kier molecular flexibility index (Phi) is 4.11. The molecule has 1 aromatic rings. The van der Waals surface area contributed by atoms with Crippen molar-refractivity contribution in [3.05, 3.63) is 20.8 Å². The van der Waals surface area contributed by atoms with E-state index in [1.165, 1.54) is 0 Å². The van der Waals surface area contributed by atoms with Crippen LogP contribution in [0, 0.1) is 0 Å². The van der Waals surface area contributed by atoms with Crippen LogP contribution in [0.1, 0.15) is 12.0 Å². The van der Waals surface area contributed by atoms with Crippen molar-refractivity contribution in [1.29, 1.82) is 0 Å². The molecule has 0 aliphatic carbocycles. The standard InChI is InChI=1S/C7H2Br2F5NO/c8-2-1-15-5(9)4(3(2)6(10)11)16-7(12,13)14/h1,6H. The molecule has 16 heavy (non-hydrogen) atoms. The number of hydrogen-bond donors (Lipinski definition) is 0. The summed E-state index contributed by atoms with van der Waals surface area (Å²) in [6.45, 7) is 0. The largest absolute Gasteiger partial charge is 0.573 e. The Labute approximate surface area is 103 Å². The summed E-state index contributed by atoms with van der Waals surface area (Å²) in [4.78, 5) is 3.42. The van der Waals surface area contributed by atoms with Crippen molar-refractivity contribution >= 4 is 31.9 Å².